The number of nitrogens with two attached hydrogens (primary N) is 1. The molecule has 3 N–H and O–H groups in total. The minimum absolute atomic E-state index is 0. The Morgan fingerprint density at radius 1 is 1.50 bits per heavy atom. The van der Waals surface area contributed by atoms with Gasteiger partial charge in [-0.2, -0.15) is 0 Å². The Morgan fingerprint density at radius 2 is 2.22 bits per heavy atom. The van der Waals surface area contributed by atoms with Crippen molar-refractivity contribution in [2.24, 2.45) is 5.73 Å². The standard InChI is InChI=1S/C13H20N2O2.ClH/c1-3-4-8-17-12-7-5-6-11(9-12)15-13(16)10(2)14;/h5-7,9-10H,3-4,8,14H2,1-2H3,(H,15,16);1H. The van der Waals surface area contributed by atoms with Crippen LogP contribution in [0, 0.1) is 0 Å². The SMILES string of the molecule is CCCCOc1cccc(NC(=O)C(C)N)c1.Cl. The van der Waals surface area contributed by atoms with Gasteiger partial charge < -0.3 is 15.8 Å². The molecular weight excluding hydrogens is 252 g/mol. The lowest BCUT2D eigenvalue weighted by molar-refractivity contribution is -0.117. The molecule has 0 fully saturated rings. The van der Waals surface area contributed by atoms with E-state index in [-0.39, 0.29) is 18.3 Å². The predicted octanol–water partition coefficient (Wildman–Crippen LogP) is 2.57. The second-order valence-electron chi connectivity index (χ2n) is 4.01. The monoisotopic (exact) mass is 272 g/mol. The largest absolute Gasteiger partial charge is 0.494 e. The van der Waals surface area contributed by atoms with Gasteiger partial charge in [-0.1, -0.05) is 19.4 Å². The molecular formula is C13H21ClN2O2. The first-order valence-electron chi connectivity index (χ1n) is 5.92. The van der Waals surface area contributed by atoms with Crippen LogP contribution in [0.25, 0.3) is 0 Å². The number of carbonyl (C=O) groups is 1. The topological polar surface area (TPSA) is 64.3 Å². The van der Waals surface area contributed by atoms with Gasteiger partial charge in [0.1, 0.15) is 5.75 Å². The summed E-state index contributed by atoms with van der Waals surface area (Å²) in [6, 6.07) is 6.82. The summed E-state index contributed by atoms with van der Waals surface area (Å²) in [5, 5.41) is 2.73. The molecule has 18 heavy (non-hydrogen) atoms. The van der Waals surface area contributed by atoms with Crippen LogP contribution in [0.15, 0.2) is 24.3 Å². The van der Waals surface area contributed by atoms with Gasteiger partial charge in [0, 0.05) is 11.8 Å². The highest BCUT2D eigenvalue weighted by Crippen LogP contribution is 2.17. The maximum atomic E-state index is 11.4. The Hall–Kier alpha value is -1.26. The molecule has 102 valence electrons. The zero-order chi connectivity index (χ0) is 12.7. The summed E-state index contributed by atoms with van der Waals surface area (Å²) in [7, 11) is 0. The number of rotatable bonds is 6. The number of hydrogen-bond acceptors (Lipinski definition) is 3. The lowest BCUT2D eigenvalue weighted by Crippen LogP contribution is -2.32. The lowest BCUT2D eigenvalue weighted by atomic mass is 10.2. The molecule has 1 amide bonds. The Kier molecular flexibility index (Phi) is 8.16. The van der Waals surface area contributed by atoms with Crippen molar-refractivity contribution in [2.75, 3.05) is 11.9 Å². The van der Waals surface area contributed by atoms with Crippen molar-refractivity contribution in [1.82, 2.24) is 0 Å². The second-order valence-corrected chi connectivity index (χ2v) is 4.01. The van der Waals surface area contributed by atoms with Gasteiger partial charge in [-0.25, -0.2) is 0 Å². The molecule has 1 unspecified atom stereocenters. The number of anilines is 1. The summed E-state index contributed by atoms with van der Waals surface area (Å²) < 4.78 is 5.55. The van der Waals surface area contributed by atoms with E-state index in [4.69, 9.17) is 10.5 Å². The molecule has 1 aromatic rings. The summed E-state index contributed by atoms with van der Waals surface area (Å²) in [5.74, 6) is 0.566. The average Bonchev–Trinajstić information content (AvgIpc) is 2.30. The molecule has 1 atom stereocenters. The number of benzene rings is 1. The fourth-order valence-electron chi connectivity index (χ4n) is 1.25. The predicted molar refractivity (Wildman–Crippen MR) is 76.4 cm³/mol. The highest BCUT2D eigenvalue weighted by atomic mass is 35.5. The quantitative estimate of drug-likeness (QED) is 0.783. The van der Waals surface area contributed by atoms with E-state index in [0.29, 0.717) is 12.3 Å². The van der Waals surface area contributed by atoms with Crippen LogP contribution in [0.3, 0.4) is 0 Å². The van der Waals surface area contributed by atoms with Crippen molar-refractivity contribution in [2.45, 2.75) is 32.7 Å². The number of ether oxygens (including phenoxy) is 1. The fraction of sp³-hybridized carbons (Fsp3) is 0.462. The number of hydrogen-bond donors (Lipinski definition) is 2. The van der Waals surface area contributed by atoms with Crippen LogP contribution in [0.2, 0.25) is 0 Å². The van der Waals surface area contributed by atoms with Gasteiger partial charge >= 0.3 is 0 Å². The Labute approximate surface area is 114 Å². The van der Waals surface area contributed by atoms with Gasteiger partial charge in [0.15, 0.2) is 0 Å². The molecule has 1 aromatic carbocycles. The molecule has 0 spiro atoms. The zero-order valence-corrected chi connectivity index (χ0v) is 11.6. The second kappa shape index (κ2) is 8.78. The first kappa shape index (κ1) is 16.7. The minimum atomic E-state index is -0.514. The number of amides is 1. The van der Waals surface area contributed by atoms with Crippen molar-refractivity contribution >= 4 is 24.0 Å². The van der Waals surface area contributed by atoms with E-state index in [1.165, 1.54) is 0 Å². The first-order chi connectivity index (χ1) is 8.13. The van der Waals surface area contributed by atoms with Crippen molar-refractivity contribution in [3.63, 3.8) is 0 Å². The van der Waals surface area contributed by atoms with Crippen LogP contribution in [-0.4, -0.2) is 18.6 Å². The van der Waals surface area contributed by atoms with Crippen LogP contribution in [-0.2, 0) is 4.79 Å². The van der Waals surface area contributed by atoms with Crippen LogP contribution < -0.4 is 15.8 Å². The molecule has 0 saturated heterocycles. The summed E-state index contributed by atoms with van der Waals surface area (Å²) in [4.78, 5) is 11.4. The molecule has 0 aliphatic carbocycles. The van der Waals surface area contributed by atoms with Crippen molar-refractivity contribution in [3.05, 3.63) is 24.3 Å². The Balaban J connectivity index is 0.00000289. The molecule has 5 heteroatoms. The van der Waals surface area contributed by atoms with Gasteiger partial charge in [0.05, 0.1) is 12.6 Å². The van der Waals surface area contributed by atoms with E-state index in [0.717, 1.165) is 18.6 Å². The van der Waals surface area contributed by atoms with Crippen LogP contribution in [0.1, 0.15) is 26.7 Å². The molecule has 0 aromatic heterocycles. The molecule has 0 saturated carbocycles. The lowest BCUT2D eigenvalue weighted by Gasteiger charge is -2.10. The van der Waals surface area contributed by atoms with Crippen molar-refractivity contribution in [1.29, 1.82) is 0 Å². The van der Waals surface area contributed by atoms with E-state index in [1.807, 2.05) is 18.2 Å². The third-order valence-electron chi connectivity index (χ3n) is 2.28. The van der Waals surface area contributed by atoms with Gasteiger partial charge in [-0.05, 0) is 25.5 Å². The van der Waals surface area contributed by atoms with Crippen LogP contribution >= 0.6 is 12.4 Å². The summed E-state index contributed by atoms with van der Waals surface area (Å²) in [6.07, 6.45) is 2.12. The van der Waals surface area contributed by atoms with Gasteiger partial charge in [0.25, 0.3) is 0 Å². The Morgan fingerprint density at radius 3 is 2.83 bits per heavy atom. The van der Waals surface area contributed by atoms with Gasteiger partial charge in [-0.15, -0.1) is 12.4 Å². The highest BCUT2D eigenvalue weighted by molar-refractivity contribution is 5.94. The number of nitrogens with one attached hydrogen (secondary N) is 1. The smallest absolute Gasteiger partial charge is 0.241 e. The van der Waals surface area contributed by atoms with E-state index >= 15 is 0 Å². The van der Waals surface area contributed by atoms with Gasteiger partial charge in [-0.3, -0.25) is 4.79 Å². The minimum Gasteiger partial charge on any atom is -0.494 e. The summed E-state index contributed by atoms with van der Waals surface area (Å²) in [6.45, 7) is 4.46. The third kappa shape index (κ3) is 5.89. The van der Waals surface area contributed by atoms with Crippen LogP contribution in [0.5, 0.6) is 5.75 Å². The normalized spacial score (nSPS) is 11.3. The maximum absolute atomic E-state index is 11.4. The molecule has 4 nitrogen and oxygen atoms in total. The van der Waals surface area contributed by atoms with Crippen molar-refractivity contribution in [3.8, 4) is 5.75 Å². The first-order valence-corrected chi connectivity index (χ1v) is 5.92. The van der Waals surface area contributed by atoms with E-state index in [9.17, 15) is 4.79 Å². The molecule has 0 heterocycles. The van der Waals surface area contributed by atoms with Gasteiger partial charge in [0.2, 0.25) is 5.91 Å². The van der Waals surface area contributed by atoms with E-state index in [1.54, 1.807) is 13.0 Å². The number of unbranched alkanes of at least 4 members (excludes halogenated alkanes) is 1. The fourth-order valence-corrected chi connectivity index (χ4v) is 1.25. The van der Waals surface area contributed by atoms with E-state index < -0.39 is 6.04 Å². The maximum Gasteiger partial charge on any atom is 0.241 e. The highest BCUT2D eigenvalue weighted by Gasteiger charge is 2.07. The molecule has 0 aliphatic heterocycles. The zero-order valence-electron chi connectivity index (χ0n) is 10.8. The average molecular weight is 273 g/mol. The Bertz CT molecular complexity index is 370. The third-order valence-corrected chi connectivity index (χ3v) is 2.28. The molecule has 1 rings (SSSR count). The molecule has 0 bridgehead atoms. The number of carbonyl (C=O) groups excluding carboxylic acids is 1. The van der Waals surface area contributed by atoms with Crippen LogP contribution in [0.4, 0.5) is 5.69 Å². The summed E-state index contributed by atoms with van der Waals surface area (Å²) >= 11 is 0. The molecule has 0 aliphatic rings. The van der Waals surface area contributed by atoms with E-state index in [2.05, 4.69) is 12.2 Å². The summed E-state index contributed by atoms with van der Waals surface area (Å²) in [5.41, 5.74) is 6.19. The number of halogens is 1. The molecule has 0 radical (unpaired) electrons. The van der Waals surface area contributed by atoms with Crippen molar-refractivity contribution < 1.29 is 9.53 Å².